The molecule has 3 rings (SSSR count). The van der Waals surface area contributed by atoms with Crippen LogP contribution < -0.4 is 14.8 Å². The molecular weight excluding hydrogens is 318 g/mol. The molecule has 1 aliphatic heterocycles. The van der Waals surface area contributed by atoms with E-state index in [-0.39, 0.29) is 12.1 Å². The van der Waals surface area contributed by atoms with Gasteiger partial charge in [0, 0.05) is 24.4 Å². The van der Waals surface area contributed by atoms with Crippen LogP contribution in [0.4, 0.5) is 4.79 Å². The van der Waals surface area contributed by atoms with Gasteiger partial charge in [0.25, 0.3) is 0 Å². The minimum absolute atomic E-state index is 0.000453. The number of carbonyl (C=O) groups is 1. The van der Waals surface area contributed by atoms with Crippen LogP contribution >= 0.6 is 0 Å². The van der Waals surface area contributed by atoms with Gasteiger partial charge in [0.2, 0.25) is 0 Å². The first-order valence-electron chi connectivity index (χ1n) is 8.40. The molecule has 0 atom stereocenters. The highest BCUT2D eigenvalue weighted by molar-refractivity contribution is 5.75. The fourth-order valence-corrected chi connectivity index (χ4v) is 2.72. The zero-order chi connectivity index (χ0) is 17.6. The van der Waals surface area contributed by atoms with Crippen LogP contribution in [0, 0.1) is 6.92 Å². The minimum Gasteiger partial charge on any atom is -0.493 e. The van der Waals surface area contributed by atoms with E-state index in [1.54, 1.807) is 12.0 Å². The molecule has 2 aromatic rings. The Labute approximate surface area is 147 Å². The second-order valence-electron chi connectivity index (χ2n) is 6.05. The van der Waals surface area contributed by atoms with Gasteiger partial charge in [-0.05, 0) is 31.2 Å². The second-order valence-corrected chi connectivity index (χ2v) is 6.05. The van der Waals surface area contributed by atoms with Gasteiger partial charge < -0.3 is 19.7 Å². The van der Waals surface area contributed by atoms with Crippen LogP contribution in [-0.2, 0) is 6.42 Å². The van der Waals surface area contributed by atoms with Crippen molar-refractivity contribution in [3.05, 3.63) is 53.9 Å². The maximum Gasteiger partial charge on any atom is 0.317 e. The van der Waals surface area contributed by atoms with E-state index in [9.17, 15) is 4.79 Å². The molecule has 0 radical (unpaired) electrons. The highest BCUT2D eigenvalue weighted by atomic mass is 16.5. The summed E-state index contributed by atoms with van der Waals surface area (Å²) in [4.78, 5) is 18.3. The molecule has 6 heteroatoms. The van der Waals surface area contributed by atoms with Gasteiger partial charge in [-0.3, -0.25) is 4.98 Å². The molecule has 2 amide bonds. The summed E-state index contributed by atoms with van der Waals surface area (Å²) < 4.78 is 11.2. The van der Waals surface area contributed by atoms with Gasteiger partial charge in [-0.1, -0.05) is 18.2 Å². The molecule has 1 N–H and O–H groups in total. The van der Waals surface area contributed by atoms with Gasteiger partial charge in [-0.25, -0.2) is 4.79 Å². The third kappa shape index (κ3) is 4.41. The molecule has 2 heterocycles. The lowest BCUT2D eigenvalue weighted by atomic mass is 10.2. The molecule has 1 fully saturated rings. The van der Waals surface area contributed by atoms with Gasteiger partial charge >= 0.3 is 6.03 Å². The Balaban J connectivity index is 1.39. The van der Waals surface area contributed by atoms with Crippen LogP contribution in [0.25, 0.3) is 0 Å². The summed E-state index contributed by atoms with van der Waals surface area (Å²) in [6.45, 7) is 3.69. The zero-order valence-electron chi connectivity index (χ0n) is 14.6. The van der Waals surface area contributed by atoms with Gasteiger partial charge in [-0.2, -0.15) is 0 Å². The van der Waals surface area contributed by atoms with E-state index in [4.69, 9.17) is 9.47 Å². The van der Waals surface area contributed by atoms with E-state index in [1.165, 1.54) is 0 Å². The number of hydrogen-bond donors (Lipinski definition) is 1. The predicted octanol–water partition coefficient (Wildman–Crippen LogP) is 2.41. The van der Waals surface area contributed by atoms with E-state index < -0.39 is 0 Å². The number of hydrogen-bond acceptors (Lipinski definition) is 4. The van der Waals surface area contributed by atoms with Crippen molar-refractivity contribution < 1.29 is 14.3 Å². The van der Waals surface area contributed by atoms with Crippen molar-refractivity contribution >= 4 is 6.03 Å². The molecule has 0 aliphatic carbocycles. The first-order valence-corrected chi connectivity index (χ1v) is 8.40. The van der Waals surface area contributed by atoms with E-state index in [0.29, 0.717) is 31.1 Å². The van der Waals surface area contributed by atoms with Crippen LogP contribution in [0.15, 0.2) is 42.5 Å². The number of rotatable bonds is 6. The molecule has 132 valence electrons. The van der Waals surface area contributed by atoms with Crippen molar-refractivity contribution in [1.82, 2.24) is 15.2 Å². The molecule has 1 aliphatic rings. The van der Waals surface area contributed by atoms with Crippen molar-refractivity contribution in [3.63, 3.8) is 0 Å². The van der Waals surface area contributed by atoms with Crippen molar-refractivity contribution in [3.8, 4) is 11.5 Å². The Morgan fingerprint density at radius 3 is 2.68 bits per heavy atom. The van der Waals surface area contributed by atoms with Crippen LogP contribution in [0.3, 0.4) is 0 Å². The predicted molar refractivity (Wildman–Crippen MR) is 95.1 cm³/mol. The summed E-state index contributed by atoms with van der Waals surface area (Å²) in [6.07, 6.45) is 0.725. The lowest BCUT2D eigenvalue weighted by molar-refractivity contribution is 0.0428. The number of methoxy groups -OCH3 is 1. The maximum atomic E-state index is 12.1. The monoisotopic (exact) mass is 341 g/mol. The van der Waals surface area contributed by atoms with Crippen LogP contribution in [0.1, 0.15) is 11.4 Å². The van der Waals surface area contributed by atoms with Crippen LogP contribution in [0.5, 0.6) is 11.5 Å². The molecule has 0 saturated carbocycles. The number of pyridine rings is 1. The van der Waals surface area contributed by atoms with Gasteiger partial charge in [0.15, 0.2) is 11.5 Å². The number of likely N-dealkylation sites (tertiary alicyclic amines) is 1. The van der Waals surface area contributed by atoms with Crippen LogP contribution in [-0.4, -0.2) is 48.8 Å². The molecule has 1 aromatic carbocycles. The normalized spacial score (nSPS) is 13.9. The summed E-state index contributed by atoms with van der Waals surface area (Å²) in [5, 5.41) is 2.93. The standard InChI is InChI=1S/C19H23N3O3/c1-14-6-5-7-15(21-14)10-11-20-19(23)22-12-16(13-22)25-18-9-4-3-8-17(18)24-2/h3-9,16H,10-13H2,1-2H3,(H,20,23). The minimum atomic E-state index is -0.0625. The largest absolute Gasteiger partial charge is 0.493 e. The number of amides is 2. The smallest absolute Gasteiger partial charge is 0.317 e. The Morgan fingerprint density at radius 1 is 1.20 bits per heavy atom. The van der Waals surface area contributed by atoms with Crippen molar-refractivity contribution in [2.24, 2.45) is 0 Å². The Morgan fingerprint density at radius 2 is 1.96 bits per heavy atom. The summed E-state index contributed by atoms with van der Waals surface area (Å²) in [5.74, 6) is 1.41. The Kier molecular flexibility index (Phi) is 5.38. The Hall–Kier alpha value is -2.76. The number of nitrogens with zero attached hydrogens (tertiary/aromatic N) is 2. The molecule has 1 saturated heterocycles. The molecule has 6 nitrogen and oxygen atoms in total. The summed E-state index contributed by atoms with van der Waals surface area (Å²) in [5.41, 5.74) is 1.98. The number of aromatic nitrogens is 1. The lowest BCUT2D eigenvalue weighted by Crippen LogP contribution is -2.59. The number of aryl methyl sites for hydroxylation is 1. The highest BCUT2D eigenvalue weighted by Crippen LogP contribution is 2.28. The van der Waals surface area contributed by atoms with Crippen molar-refractivity contribution in [2.75, 3.05) is 26.7 Å². The van der Waals surface area contributed by atoms with Crippen LogP contribution in [0.2, 0.25) is 0 Å². The highest BCUT2D eigenvalue weighted by Gasteiger charge is 2.32. The number of nitrogens with one attached hydrogen (secondary N) is 1. The Bertz CT molecular complexity index is 729. The number of para-hydroxylation sites is 2. The topological polar surface area (TPSA) is 63.7 Å². The summed E-state index contributed by atoms with van der Waals surface area (Å²) >= 11 is 0. The number of ether oxygens (including phenoxy) is 2. The molecule has 0 spiro atoms. The van der Waals surface area contributed by atoms with E-state index in [1.807, 2.05) is 49.4 Å². The van der Waals surface area contributed by atoms with E-state index in [2.05, 4.69) is 10.3 Å². The SMILES string of the molecule is COc1ccccc1OC1CN(C(=O)NCCc2cccc(C)n2)C1. The van der Waals surface area contributed by atoms with Crippen molar-refractivity contribution in [2.45, 2.75) is 19.4 Å². The first kappa shape index (κ1) is 17.1. The molecular formula is C19H23N3O3. The lowest BCUT2D eigenvalue weighted by Gasteiger charge is -2.38. The molecule has 25 heavy (non-hydrogen) atoms. The van der Waals surface area contributed by atoms with E-state index >= 15 is 0 Å². The summed E-state index contributed by atoms with van der Waals surface area (Å²) in [6, 6.07) is 13.4. The quantitative estimate of drug-likeness (QED) is 0.876. The van der Waals surface area contributed by atoms with Gasteiger partial charge in [0.05, 0.1) is 20.2 Å². The summed E-state index contributed by atoms with van der Waals surface area (Å²) in [7, 11) is 1.62. The number of benzene rings is 1. The number of urea groups is 1. The van der Waals surface area contributed by atoms with Gasteiger partial charge in [-0.15, -0.1) is 0 Å². The fraction of sp³-hybridized carbons (Fsp3) is 0.368. The third-order valence-corrected chi connectivity index (χ3v) is 4.10. The molecule has 0 bridgehead atoms. The fourth-order valence-electron chi connectivity index (χ4n) is 2.72. The first-order chi connectivity index (χ1) is 12.2. The molecule has 0 unspecified atom stereocenters. The average molecular weight is 341 g/mol. The second kappa shape index (κ2) is 7.88. The number of carbonyl (C=O) groups excluding carboxylic acids is 1. The van der Waals surface area contributed by atoms with Gasteiger partial charge in [0.1, 0.15) is 6.10 Å². The molecule has 1 aromatic heterocycles. The zero-order valence-corrected chi connectivity index (χ0v) is 14.6. The van der Waals surface area contributed by atoms with Crippen molar-refractivity contribution in [1.29, 1.82) is 0 Å². The van der Waals surface area contributed by atoms with E-state index in [0.717, 1.165) is 17.8 Å². The third-order valence-electron chi connectivity index (χ3n) is 4.10. The maximum absolute atomic E-state index is 12.1. The average Bonchev–Trinajstić information content (AvgIpc) is 2.58.